The fourth-order valence-electron chi connectivity index (χ4n) is 2.99. The van der Waals surface area contributed by atoms with Crippen LogP contribution >= 0.6 is 23.7 Å². The van der Waals surface area contributed by atoms with E-state index >= 15 is 0 Å². The minimum atomic E-state index is -0.367. The van der Waals surface area contributed by atoms with Crippen LogP contribution in [-0.2, 0) is 0 Å². The van der Waals surface area contributed by atoms with Crippen LogP contribution in [-0.4, -0.2) is 39.8 Å². The molecule has 0 bridgehead atoms. The fourth-order valence-corrected chi connectivity index (χ4v) is 3.69. The van der Waals surface area contributed by atoms with Crippen molar-refractivity contribution in [1.29, 1.82) is 0 Å². The summed E-state index contributed by atoms with van der Waals surface area (Å²) in [4.78, 5) is 17.8. The van der Waals surface area contributed by atoms with Gasteiger partial charge < -0.3 is 10.6 Å². The molecule has 0 spiro atoms. The molecule has 142 valence electrons. The van der Waals surface area contributed by atoms with Crippen molar-refractivity contribution in [2.24, 2.45) is 0 Å². The number of hydrogen-bond acceptors (Lipinski definition) is 5. The zero-order chi connectivity index (χ0) is 17.9. The average molecular weight is 408 g/mol. The lowest BCUT2D eigenvalue weighted by molar-refractivity contribution is 0.0940. The van der Waals surface area contributed by atoms with Crippen molar-refractivity contribution in [2.45, 2.75) is 18.9 Å². The normalized spacial score (nSPS) is 16.1. The van der Waals surface area contributed by atoms with E-state index in [0.29, 0.717) is 24.1 Å². The van der Waals surface area contributed by atoms with Crippen LogP contribution in [0.2, 0.25) is 0 Å². The topological polar surface area (TPSA) is 71.8 Å². The first-order valence-corrected chi connectivity index (χ1v) is 9.37. The van der Waals surface area contributed by atoms with Crippen LogP contribution in [0.15, 0.2) is 41.8 Å². The molecule has 6 nitrogen and oxygen atoms in total. The number of rotatable bonds is 5. The Labute approximate surface area is 166 Å². The summed E-state index contributed by atoms with van der Waals surface area (Å²) in [5.41, 5.74) is 0.525. The van der Waals surface area contributed by atoms with Gasteiger partial charge in [0, 0.05) is 12.6 Å². The molecular weight excluding hydrogens is 389 g/mol. The minimum absolute atomic E-state index is 0. The number of benzene rings is 1. The van der Waals surface area contributed by atoms with Crippen molar-refractivity contribution in [3.63, 3.8) is 0 Å². The maximum atomic E-state index is 13.6. The summed E-state index contributed by atoms with van der Waals surface area (Å²) in [5, 5.41) is 12.5. The van der Waals surface area contributed by atoms with Gasteiger partial charge in [-0.25, -0.2) is 14.1 Å². The first kappa shape index (κ1) is 19.5. The molecule has 0 saturated carbocycles. The first-order valence-electron chi connectivity index (χ1n) is 8.49. The molecule has 0 aliphatic carbocycles. The third-order valence-corrected chi connectivity index (χ3v) is 5.14. The Hall–Kier alpha value is -2.29. The van der Waals surface area contributed by atoms with E-state index < -0.39 is 0 Å². The number of nitrogens with zero attached hydrogens (tertiary/aromatic N) is 3. The van der Waals surface area contributed by atoms with Crippen LogP contribution in [0.4, 0.5) is 4.39 Å². The highest BCUT2D eigenvalue weighted by Gasteiger charge is 2.21. The smallest absolute Gasteiger partial charge is 0.291 e. The summed E-state index contributed by atoms with van der Waals surface area (Å²) >= 11 is 1.49. The van der Waals surface area contributed by atoms with Gasteiger partial charge >= 0.3 is 0 Å². The van der Waals surface area contributed by atoms with Crippen LogP contribution < -0.4 is 10.6 Å². The number of halogens is 2. The molecule has 3 aromatic rings. The molecule has 1 atom stereocenters. The number of carbonyl (C=O) groups is 1. The highest BCUT2D eigenvalue weighted by molar-refractivity contribution is 7.13. The Morgan fingerprint density at radius 2 is 2.26 bits per heavy atom. The zero-order valence-electron chi connectivity index (χ0n) is 14.4. The van der Waals surface area contributed by atoms with Crippen molar-refractivity contribution in [1.82, 2.24) is 25.4 Å². The SMILES string of the molecule is Cl.O=C(NCC1CCCN1)c1nc(-c2cccs2)n(-c2cccc(F)c2)n1. The summed E-state index contributed by atoms with van der Waals surface area (Å²) in [7, 11) is 0. The van der Waals surface area contributed by atoms with Crippen molar-refractivity contribution in [3.05, 3.63) is 53.4 Å². The van der Waals surface area contributed by atoms with Gasteiger partial charge in [-0.05, 0) is 49.0 Å². The van der Waals surface area contributed by atoms with E-state index in [1.807, 2.05) is 17.5 Å². The van der Waals surface area contributed by atoms with Crippen molar-refractivity contribution in [3.8, 4) is 16.4 Å². The van der Waals surface area contributed by atoms with Crippen LogP contribution in [0.3, 0.4) is 0 Å². The quantitative estimate of drug-likeness (QED) is 0.682. The molecule has 1 aromatic carbocycles. The second kappa shape index (κ2) is 8.60. The Kier molecular flexibility index (Phi) is 6.20. The van der Waals surface area contributed by atoms with Gasteiger partial charge in [0.25, 0.3) is 5.91 Å². The summed E-state index contributed by atoms with van der Waals surface area (Å²) in [6.45, 7) is 1.52. The van der Waals surface area contributed by atoms with Gasteiger partial charge in [-0.2, -0.15) is 0 Å². The fraction of sp³-hybridized carbons (Fsp3) is 0.278. The second-order valence-electron chi connectivity index (χ2n) is 6.13. The van der Waals surface area contributed by atoms with Gasteiger partial charge in [-0.3, -0.25) is 4.79 Å². The number of hydrogen-bond donors (Lipinski definition) is 2. The largest absolute Gasteiger partial charge is 0.348 e. The molecule has 1 unspecified atom stereocenters. The second-order valence-corrected chi connectivity index (χ2v) is 7.08. The molecule has 4 rings (SSSR count). The van der Waals surface area contributed by atoms with Crippen LogP contribution in [0.25, 0.3) is 16.4 Å². The summed E-state index contributed by atoms with van der Waals surface area (Å²) < 4.78 is 15.2. The van der Waals surface area contributed by atoms with Gasteiger partial charge in [0.15, 0.2) is 5.82 Å². The number of aromatic nitrogens is 3. The third kappa shape index (κ3) is 4.35. The van der Waals surface area contributed by atoms with Crippen molar-refractivity contribution >= 4 is 29.7 Å². The number of amides is 1. The van der Waals surface area contributed by atoms with Crippen LogP contribution in [0.5, 0.6) is 0 Å². The van der Waals surface area contributed by atoms with E-state index in [2.05, 4.69) is 20.7 Å². The maximum Gasteiger partial charge on any atom is 0.291 e. The number of nitrogens with one attached hydrogen (secondary N) is 2. The maximum absolute atomic E-state index is 13.6. The van der Waals surface area contributed by atoms with Crippen LogP contribution in [0, 0.1) is 5.82 Å². The zero-order valence-corrected chi connectivity index (χ0v) is 16.0. The minimum Gasteiger partial charge on any atom is -0.348 e. The molecule has 1 saturated heterocycles. The Morgan fingerprint density at radius 1 is 1.37 bits per heavy atom. The van der Waals surface area contributed by atoms with Gasteiger partial charge in [0.05, 0.1) is 10.6 Å². The third-order valence-electron chi connectivity index (χ3n) is 4.28. The molecule has 27 heavy (non-hydrogen) atoms. The van der Waals surface area contributed by atoms with E-state index in [1.54, 1.807) is 12.1 Å². The van der Waals surface area contributed by atoms with Gasteiger partial charge in [-0.1, -0.05) is 12.1 Å². The molecule has 2 aromatic heterocycles. The lowest BCUT2D eigenvalue weighted by Gasteiger charge is -2.09. The standard InChI is InChI=1S/C18H18FN5OS.ClH/c19-12-4-1-6-14(10-12)24-17(15-7-3-9-26-15)22-16(23-24)18(25)21-11-13-5-2-8-20-13;/h1,3-4,6-7,9-10,13,20H,2,5,8,11H2,(H,21,25);1H. The van der Waals surface area contributed by atoms with E-state index in [-0.39, 0.29) is 30.0 Å². The Bertz CT molecular complexity index is 908. The summed E-state index contributed by atoms with van der Waals surface area (Å²) in [6, 6.07) is 10.2. The molecule has 9 heteroatoms. The molecule has 2 N–H and O–H groups in total. The van der Waals surface area contributed by atoms with Crippen LogP contribution in [0.1, 0.15) is 23.5 Å². The predicted molar refractivity (Wildman–Crippen MR) is 105 cm³/mol. The predicted octanol–water partition coefficient (Wildman–Crippen LogP) is 3.04. The molecule has 1 fully saturated rings. The van der Waals surface area contributed by atoms with Gasteiger partial charge in [0.1, 0.15) is 5.82 Å². The summed E-state index contributed by atoms with van der Waals surface area (Å²) in [6.07, 6.45) is 2.17. The lowest BCUT2D eigenvalue weighted by Crippen LogP contribution is -2.37. The molecule has 1 aliphatic rings. The van der Waals surface area contributed by atoms with Crippen molar-refractivity contribution in [2.75, 3.05) is 13.1 Å². The highest BCUT2D eigenvalue weighted by Crippen LogP contribution is 2.25. The molecule has 1 aliphatic heterocycles. The molecule has 1 amide bonds. The first-order chi connectivity index (χ1) is 12.7. The van der Waals surface area contributed by atoms with Gasteiger partial charge in [0.2, 0.25) is 5.82 Å². The lowest BCUT2D eigenvalue weighted by atomic mass is 10.2. The highest BCUT2D eigenvalue weighted by atomic mass is 35.5. The van der Waals surface area contributed by atoms with E-state index in [1.165, 1.54) is 28.2 Å². The number of carbonyl (C=O) groups excluding carboxylic acids is 1. The Morgan fingerprint density at radius 3 is 2.96 bits per heavy atom. The van der Waals surface area contributed by atoms with Gasteiger partial charge in [-0.15, -0.1) is 28.8 Å². The monoisotopic (exact) mass is 407 g/mol. The molecular formula is C18H19ClFN5OS. The number of thiophene rings is 1. The molecule has 3 heterocycles. The average Bonchev–Trinajstić information content (AvgIpc) is 3.40. The van der Waals surface area contributed by atoms with E-state index in [9.17, 15) is 9.18 Å². The molecule has 0 radical (unpaired) electrons. The summed E-state index contributed by atoms with van der Waals surface area (Å²) in [5.74, 6) is -0.0921. The van der Waals surface area contributed by atoms with E-state index in [4.69, 9.17) is 0 Å². The Balaban J connectivity index is 0.00000210. The van der Waals surface area contributed by atoms with E-state index in [0.717, 1.165) is 24.3 Å². The van der Waals surface area contributed by atoms with Crippen molar-refractivity contribution < 1.29 is 9.18 Å².